The van der Waals surface area contributed by atoms with Gasteiger partial charge in [0.1, 0.15) is 0 Å². The second kappa shape index (κ2) is 14.3. The molecule has 2 aliphatic heterocycles. The molecular formula is C37H38N4O9S2. The van der Waals surface area contributed by atoms with Crippen molar-refractivity contribution in [1.82, 2.24) is 0 Å². The summed E-state index contributed by atoms with van der Waals surface area (Å²) in [7, 11) is -1.59. The van der Waals surface area contributed by atoms with Crippen LogP contribution >= 0.6 is 0 Å². The maximum absolute atomic E-state index is 14.8. The zero-order valence-electron chi connectivity index (χ0n) is 29.5. The van der Waals surface area contributed by atoms with E-state index in [-0.39, 0.29) is 45.4 Å². The molecule has 0 atom stereocenters. The number of ether oxygens (including phenoxy) is 4. The first-order chi connectivity index (χ1) is 24.8. The van der Waals surface area contributed by atoms with E-state index in [0.29, 0.717) is 47.3 Å². The van der Waals surface area contributed by atoms with Crippen LogP contribution in [0.25, 0.3) is 0 Å². The molecule has 2 heterocycles. The first kappa shape index (κ1) is 36.4. The van der Waals surface area contributed by atoms with Crippen LogP contribution in [0, 0.1) is 0 Å². The van der Waals surface area contributed by atoms with Crippen molar-refractivity contribution in [3.63, 3.8) is 0 Å². The quantitative estimate of drug-likeness (QED) is 0.180. The monoisotopic (exact) mass is 746 g/mol. The Morgan fingerprint density at radius 2 is 0.962 bits per heavy atom. The lowest BCUT2D eigenvalue weighted by Crippen LogP contribution is -2.22. The van der Waals surface area contributed by atoms with E-state index >= 15 is 0 Å². The molecule has 0 unspecified atom stereocenters. The van der Waals surface area contributed by atoms with E-state index < -0.39 is 25.5 Å². The summed E-state index contributed by atoms with van der Waals surface area (Å²) >= 11 is 0. The molecule has 272 valence electrons. The lowest BCUT2D eigenvalue weighted by Gasteiger charge is -2.23. The van der Waals surface area contributed by atoms with Gasteiger partial charge in [-0.15, -0.1) is 0 Å². The van der Waals surface area contributed by atoms with Crippen LogP contribution in [0.3, 0.4) is 0 Å². The molecule has 52 heavy (non-hydrogen) atoms. The fourth-order valence-electron chi connectivity index (χ4n) is 6.36. The number of hydrogen-bond acceptors (Lipinski definition) is 13. The van der Waals surface area contributed by atoms with Gasteiger partial charge in [-0.05, 0) is 60.7 Å². The van der Waals surface area contributed by atoms with Crippen molar-refractivity contribution in [2.24, 2.45) is 10.2 Å². The van der Waals surface area contributed by atoms with E-state index in [1.807, 2.05) is 12.1 Å². The Labute approximate surface area is 302 Å². The summed E-state index contributed by atoms with van der Waals surface area (Å²) in [6.45, 7) is 0.551. The number of carbonyl (C=O) groups is 1. The first-order valence-corrected chi connectivity index (χ1v) is 19.9. The Bertz CT molecular complexity index is 2190. The van der Waals surface area contributed by atoms with E-state index in [4.69, 9.17) is 29.2 Å². The van der Waals surface area contributed by atoms with Crippen molar-refractivity contribution in [3.8, 4) is 23.0 Å². The Morgan fingerprint density at radius 3 is 1.31 bits per heavy atom. The van der Waals surface area contributed by atoms with Gasteiger partial charge in [0.25, 0.3) is 0 Å². The van der Waals surface area contributed by atoms with Crippen molar-refractivity contribution in [2.45, 2.75) is 22.6 Å². The molecule has 0 radical (unpaired) electrons. The van der Waals surface area contributed by atoms with Crippen molar-refractivity contribution in [2.75, 3.05) is 64.1 Å². The van der Waals surface area contributed by atoms with Gasteiger partial charge in [-0.25, -0.2) is 16.8 Å². The maximum atomic E-state index is 14.8. The van der Waals surface area contributed by atoms with Crippen molar-refractivity contribution >= 4 is 48.3 Å². The van der Waals surface area contributed by atoms with Gasteiger partial charge in [0, 0.05) is 60.7 Å². The lowest BCUT2D eigenvalue weighted by atomic mass is 9.99. The van der Waals surface area contributed by atoms with Crippen molar-refractivity contribution in [1.29, 1.82) is 0 Å². The first-order valence-electron chi connectivity index (χ1n) is 16.1. The van der Waals surface area contributed by atoms with Crippen LogP contribution in [0.1, 0.15) is 39.9 Å². The summed E-state index contributed by atoms with van der Waals surface area (Å²) < 4.78 is 74.5. The highest BCUT2D eigenvalue weighted by atomic mass is 32.2. The third kappa shape index (κ3) is 6.93. The highest BCUT2D eigenvalue weighted by molar-refractivity contribution is 7.91. The van der Waals surface area contributed by atoms with Crippen molar-refractivity contribution < 1.29 is 40.6 Å². The molecule has 0 fully saturated rings. The fourth-order valence-corrected chi connectivity index (χ4v) is 8.15. The van der Waals surface area contributed by atoms with Gasteiger partial charge in [0.05, 0.1) is 61.0 Å². The third-order valence-corrected chi connectivity index (χ3v) is 11.1. The Balaban J connectivity index is 1.48. The van der Waals surface area contributed by atoms with E-state index in [1.165, 1.54) is 74.9 Å². The van der Waals surface area contributed by atoms with Crippen molar-refractivity contribution in [3.05, 3.63) is 95.1 Å². The normalized spacial score (nSPS) is 14.6. The Kier molecular flexibility index (Phi) is 10.0. The number of nitrogens with zero attached hydrogens (tertiary/aromatic N) is 4. The lowest BCUT2D eigenvalue weighted by molar-refractivity contribution is 0.103. The molecule has 13 nitrogen and oxygen atoms in total. The van der Waals surface area contributed by atoms with Crippen LogP contribution in [0.2, 0.25) is 0 Å². The SMILES string of the molecule is COc1ccc(C2=NN(c3c(C(=O)c4cccc(S(C)(=O)=O)c4N4CCC(c5ccc(OC)c(OC)c5)=N4)cccc3S(C)(=O)=O)CC2)cc1OC. The number of rotatable bonds is 12. The highest BCUT2D eigenvalue weighted by Crippen LogP contribution is 2.39. The number of anilines is 2. The van der Waals surface area contributed by atoms with Gasteiger partial charge >= 0.3 is 0 Å². The highest BCUT2D eigenvalue weighted by Gasteiger charge is 2.33. The standard InChI is InChI=1S/C37H38N4O9S2/c1-47-29-15-13-23(21-31(29)49-3)27-17-19-40(38-27)35-25(9-7-11-33(35)51(5,43)44)37(42)26-10-8-12-34(52(6,45)46)36(26)41-20-18-28(39-41)24-14-16-30(48-2)32(22-24)50-4/h7-16,21-22H,17-20H2,1-6H3. The molecule has 6 rings (SSSR count). The molecule has 0 saturated carbocycles. The summed E-state index contributed by atoms with van der Waals surface area (Å²) in [6.07, 6.45) is 3.02. The van der Waals surface area contributed by atoms with Gasteiger partial charge in [-0.3, -0.25) is 14.8 Å². The maximum Gasteiger partial charge on any atom is 0.197 e. The molecule has 15 heteroatoms. The smallest absolute Gasteiger partial charge is 0.197 e. The van der Waals surface area contributed by atoms with Gasteiger partial charge < -0.3 is 18.9 Å². The third-order valence-electron chi connectivity index (χ3n) is 8.84. The summed E-state index contributed by atoms with van der Waals surface area (Å²) in [4.78, 5) is 14.6. The van der Waals surface area contributed by atoms with Crippen LogP contribution in [-0.4, -0.2) is 88.1 Å². The predicted octanol–water partition coefficient (Wildman–Crippen LogP) is 4.99. The summed E-state index contributed by atoms with van der Waals surface area (Å²) in [5.74, 6) is 1.51. The second-order valence-corrected chi connectivity index (χ2v) is 16.1. The van der Waals surface area contributed by atoms with Gasteiger partial charge in [-0.1, -0.05) is 12.1 Å². The molecule has 0 aromatic heterocycles. The number of sulfone groups is 2. The average Bonchev–Trinajstić information content (AvgIpc) is 3.84. The zero-order valence-corrected chi connectivity index (χ0v) is 31.2. The zero-order chi connectivity index (χ0) is 37.4. The minimum absolute atomic E-state index is 0.0374. The number of para-hydroxylation sites is 2. The largest absolute Gasteiger partial charge is 0.493 e. The van der Waals surface area contributed by atoms with E-state index in [1.54, 1.807) is 24.3 Å². The topological polar surface area (TPSA) is 153 Å². The molecule has 0 spiro atoms. The number of methoxy groups -OCH3 is 4. The van der Waals surface area contributed by atoms with Crippen LogP contribution < -0.4 is 29.0 Å². The molecule has 0 amide bonds. The minimum Gasteiger partial charge on any atom is -0.493 e. The fraction of sp³-hybridized carbons (Fsp3) is 0.270. The summed E-state index contributed by atoms with van der Waals surface area (Å²) in [5.41, 5.74) is 3.04. The molecule has 0 aliphatic carbocycles. The van der Waals surface area contributed by atoms with Crippen LogP contribution in [0.15, 0.2) is 92.8 Å². The number of carbonyl (C=O) groups excluding carboxylic acids is 1. The number of ketones is 1. The average molecular weight is 747 g/mol. The van der Waals surface area contributed by atoms with Gasteiger partial charge in [0.2, 0.25) is 0 Å². The summed E-state index contributed by atoms with van der Waals surface area (Å²) in [6, 6.07) is 19.6. The second-order valence-electron chi connectivity index (χ2n) is 12.2. The van der Waals surface area contributed by atoms with Crippen LogP contribution in [0.5, 0.6) is 23.0 Å². The number of hydrazone groups is 2. The molecule has 4 aromatic carbocycles. The van der Waals surface area contributed by atoms with Gasteiger partial charge in [0.15, 0.2) is 48.5 Å². The molecular weight excluding hydrogens is 709 g/mol. The van der Waals surface area contributed by atoms with E-state index in [9.17, 15) is 21.6 Å². The molecule has 0 bridgehead atoms. The molecule has 4 aromatic rings. The Morgan fingerprint density at radius 1 is 0.577 bits per heavy atom. The Hall–Kier alpha value is -5.41. The molecule has 0 saturated heterocycles. The van der Waals surface area contributed by atoms with Gasteiger partial charge in [-0.2, -0.15) is 10.2 Å². The predicted molar refractivity (Wildman–Crippen MR) is 199 cm³/mol. The van der Waals surface area contributed by atoms with Crippen LogP contribution in [0.4, 0.5) is 11.4 Å². The van der Waals surface area contributed by atoms with E-state index in [2.05, 4.69) is 0 Å². The minimum atomic E-state index is -3.86. The number of hydrogen-bond donors (Lipinski definition) is 0. The van der Waals surface area contributed by atoms with E-state index in [0.717, 1.165) is 23.6 Å². The molecule has 0 N–H and O–H groups in total. The number of benzene rings is 4. The van der Waals surface area contributed by atoms with Crippen LogP contribution in [-0.2, 0) is 19.7 Å². The summed E-state index contributed by atoms with van der Waals surface area (Å²) in [5, 5.41) is 12.6. The molecule has 2 aliphatic rings.